The van der Waals surface area contributed by atoms with E-state index in [1.807, 2.05) is 0 Å². The van der Waals surface area contributed by atoms with E-state index in [4.69, 9.17) is 17.3 Å². The summed E-state index contributed by atoms with van der Waals surface area (Å²) >= 11 is 6.18. The lowest BCUT2D eigenvalue weighted by Crippen LogP contribution is -2.16. The number of nitrogens with two attached hydrogens (primary N) is 1. The minimum absolute atomic E-state index is 0.0846. The summed E-state index contributed by atoms with van der Waals surface area (Å²) in [5, 5.41) is 0.499. The largest absolute Gasteiger partial charge is 0.573 e. The van der Waals surface area contributed by atoms with E-state index in [1.165, 1.54) is 12.1 Å². The van der Waals surface area contributed by atoms with Gasteiger partial charge in [-0.15, -0.1) is 13.2 Å². The van der Waals surface area contributed by atoms with Gasteiger partial charge in [0, 0.05) is 21.5 Å². The second-order valence-electron chi connectivity index (χ2n) is 6.67. The first kappa shape index (κ1) is 22.3. The first-order valence-corrected chi connectivity index (χ1v) is 9.35. The molecule has 1 aromatic heterocycles. The minimum atomic E-state index is -4.86. The van der Waals surface area contributed by atoms with Gasteiger partial charge < -0.3 is 15.5 Å². The molecular formula is C20H17ClF6N2O. The molecule has 0 saturated carbocycles. The second-order valence-corrected chi connectivity index (χ2v) is 7.08. The van der Waals surface area contributed by atoms with Crippen LogP contribution in [0.2, 0.25) is 5.02 Å². The molecular weight excluding hydrogens is 434 g/mol. The van der Waals surface area contributed by atoms with Gasteiger partial charge in [-0.25, -0.2) is 0 Å². The van der Waals surface area contributed by atoms with Crippen molar-refractivity contribution >= 4 is 22.5 Å². The van der Waals surface area contributed by atoms with E-state index >= 15 is 0 Å². The van der Waals surface area contributed by atoms with Crippen molar-refractivity contribution in [3.05, 3.63) is 52.5 Å². The lowest BCUT2D eigenvalue weighted by molar-refractivity contribution is -0.274. The van der Waals surface area contributed by atoms with E-state index in [-0.39, 0.29) is 10.6 Å². The number of H-pyrrole nitrogens is 1. The molecule has 0 fully saturated rings. The van der Waals surface area contributed by atoms with Crippen LogP contribution in [0.4, 0.5) is 26.3 Å². The third-order valence-corrected chi connectivity index (χ3v) is 4.88. The molecule has 0 unspecified atom stereocenters. The van der Waals surface area contributed by atoms with Crippen molar-refractivity contribution < 1.29 is 31.1 Å². The summed E-state index contributed by atoms with van der Waals surface area (Å²) in [7, 11) is 0. The molecule has 3 N–H and O–H groups in total. The van der Waals surface area contributed by atoms with Gasteiger partial charge >= 0.3 is 12.5 Å². The van der Waals surface area contributed by atoms with Gasteiger partial charge in [-0.05, 0) is 67.8 Å². The lowest BCUT2D eigenvalue weighted by atomic mass is 9.99. The average molecular weight is 451 g/mol. The molecule has 162 valence electrons. The van der Waals surface area contributed by atoms with Gasteiger partial charge in [0.25, 0.3) is 0 Å². The summed E-state index contributed by atoms with van der Waals surface area (Å²) in [5.41, 5.74) is 6.08. The number of aryl methyl sites for hydroxylation is 1. The molecule has 3 rings (SSSR count). The fourth-order valence-electron chi connectivity index (χ4n) is 3.25. The van der Waals surface area contributed by atoms with Crippen LogP contribution in [0.1, 0.15) is 24.0 Å². The molecule has 1 heterocycles. The number of hydrogen-bond acceptors (Lipinski definition) is 2. The highest BCUT2D eigenvalue weighted by Crippen LogP contribution is 2.40. The summed E-state index contributed by atoms with van der Waals surface area (Å²) in [6, 6.07) is 6.67. The Morgan fingerprint density at radius 3 is 2.33 bits per heavy atom. The highest BCUT2D eigenvalue weighted by atomic mass is 35.5. The molecule has 2 aromatic carbocycles. The zero-order chi connectivity index (χ0) is 22.1. The first-order chi connectivity index (χ1) is 14.0. The van der Waals surface area contributed by atoms with E-state index < -0.39 is 23.9 Å². The predicted molar refractivity (Wildman–Crippen MR) is 102 cm³/mol. The molecule has 30 heavy (non-hydrogen) atoms. The fourth-order valence-corrected chi connectivity index (χ4v) is 3.46. The summed E-state index contributed by atoms with van der Waals surface area (Å²) < 4.78 is 81.4. The quantitative estimate of drug-likeness (QED) is 0.325. The number of hydrogen-bond donors (Lipinski definition) is 2. The van der Waals surface area contributed by atoms with Gasteiger partial charge in [0.05, 0.1) is 11.3 Å². The second kappa shape index (κ2) is 8.39. The zero-order valence-electron chi connectivity index (χ0n) is 15.4. The van der Waals surface area contributed by atoms with Gasteiger partial charge in [-0.3, -0.25) is 0 Å². The van der Waals surface area contributed by atoms with E-state index in [1.54, 1.807) is 0 Å². The molecule has 3 nitrogen and oxygen atoms in total. The predicted octanol–water partition coefficient (Wildman–Crippen LogP) is 6.69. The first-order valence-electron chi connectivity index (χ1n) is 8.97. The van der Waals surface area contributed by atoms with Crippen molar-refractivity contribution in [2.45, 2.75) is 31.8 Å². The standard InChI is InChI=1S/C20H17ClF6N2O/c21-16-6-4-11(19(22,23)24)9-15(16)18-13(3-1-2-8-28)14-10-12(30-20(25,26)27)5-7-17(14)29-18/h4-7,9-10,29H,1-3,8,28H2. The third kappa shape index (κ3) is 5.02. The number of benzene rings is 2. The Hall–Kier alpha value is -2.39. The van der Waals surface area contributed by atoms with Crippen molar-refractivity contribution in [1.82, 2.24) is 4.98 Å². The van der Waals surface area contributed by atoms with E-state index in [9.17, 15) is 26.3 Å². The molecule has 0 radical (unpaired) electrons. The van der Waals surface area contributed by atoms with Crippen molar-refractivity contribution in [3.63, 3.8) is 0 Å². The van der Waals surface area contributed by atoms with Gasteiger partial charge in [0.1, 0.15) is 5.75 Å². The van der Waals surface area contributed by atoms with E-state index in [0.29, 0.717) is 48.0 Å². The fraction of sp³-hybridized carbons (Fsp3) is 0.300. The molecule has 10 heteroatoms. The van der Waals surface area contributed by atoms with Crippen LogP contribution in [0.15, 0.2) is 36.4 Å². The Bertz CT molecular complexity index is 1040. The maximum Gasteiger partial charge on any atom is 0.573 e. The van der Waals surface area contributed by atoms with Crippen LogP contribution in [0.25, 0.3) is 22.2 Å². The van der Waals surface area contributed by atoms with Crippen molar-refractivity contribution in [2.75, 3.05) is 6.54 Å². The number of aromatic amines is 1. The number of nitrogens with one attached hydrogen (secondary N) is 1. The molecule has 0 aliphatic rings. The van der Waals surface area contributed by atoms with Crippen LogP contribution in [0, 0.1) is 0 Å². The summed E-state index contributed by atoms with van der Waals surface area (Å²) in [5.74, 6) is -0.421. The molecule has 3 aromatic rings. The van der Waals surface area contributed by atoms with Crippen molar-refractivity contribution in [1.29, 1.82) is 0 Å². The van der Waals surface area contributed by atoms with Crippen LogP contribution < -0.4 is 10.5 Å². The number of aromatic nitrogens is 1. The lowest BCUT2D eigenvalue weighted by Gasteiger charge is -2.12. The Labute approximate surface area is 172 Å². The molecule has 0 aliphatic heterocycles. The number of halogens is 7. The van der Waals surface area contributed by atoms with Gasteiger partial charge in [0.2, 0.25) is 0 Å². The SMILES string of the molecule is NCCCCc1c(-c2cc(C(F)(F)F)ccc2Cl)[nH]c2ccc(OC(F)(F)F)cc12. The van der Waals surface area contributed by atoms with Crippen LogP contribution in [0.5, 0.6) is 5.75 Å². The maximum absolute atomic E-state index is 13.2. The zero-order valence-corrected chi connectivity index (χ0v) is 16.2. The Morgan fingerprint density at radius 2 is 1.70 bits per heavy atom. The number of alkyl halides is 6. The minimum Gasteiger partial charge on any atom is -0.406 e. The highest BCUT2D eigenvalue weighted by Gasteiger charge is 2.32. The summed E-state index contributed by atoms with van der Waals surface area (Å²) in [4.78, 5) is 3.00. The molecule has 0 atom stereocenters. The Kier molecular flexibility index (Phi) is 6.24. The van der Waals surface area contributed by atoms with Gasteiger partial charge in [-0.2, -0.15) is 13.2 Å². The number of rotatable bonds is 6. The third-order valence-electron chi connectivity index (χ3n) is 4.56. The van der Waals surface area contributed by atoms with Crippen LogP contribution in [0.3, 0.4) is 0 Å². The van der Waals surface area contributed by atoms with Crippen molar-refractivity contribution in [3.8, 4) is 17.0 Å². The van der Waals surface area contributed by atoms with Crippen LogP contribution >= 0.6 is 11.6 Å². The maximum atomic E-state index is 13.2. The number of fused-ring (bicyclic) bond motifs is 1. The smallest absolute Gasteiger partial charge is 0.406 e. The topological polar surface area (TPSA) is 51.0 Å². The molecule has 0 amide bonds. The normalized spacial score (nSPS) is 12.5. The molecule has 0 saturated heterocycles. The molecule has 0 bridgehead atoms. The van der Waals surface area contributed by atoms with Crippen LogP contribution in [-0.2, 0) is 12.6 Å². The Balaban J connectivity index is 2.17. The highest BCUT2D eigenvalue weighted by molar-refractivity contribution is 6.33. The Morgan fingerprint density at radius 1 is 0.967 bits per heavy atom. The summed E-state index contributed by atoms with van der Waals surface area (Å²) in [6.45, 7) is 0.407. The average Bonchev–Trinajstić information content (AvgIpc) is 2.98. The van der Waals surface area contributed by atoms with Crippen LogP contribution in [-0.4, -0.2) is 17.9 Å². The molecule has 0 spiro atoms. The summed E-state index contributed by atoms with van der Waals surface area (Å²) in [6.07, 6.45) is -7.82. The van der Waals surface area contributed by atoms with Crippen molar-refractivity contribution in [2.24, 2.45) is 5.73 Å². The van der Waals surface area contributed by atoms with Gasteiger partial charge in [-0.1, -0.05) is 11.6 Å². The van der Waals surface area contributed by atoms with E-state index in [2.05, 4.69) is 9.72 Å². The molecule has 0 aliphatic carbocycles. The monoisotopic (exact) mass is 450 g/mol. The van der Waals surface area contributed by atoms with E-state index in [0.717, 1.165) is 24.3 Å². The van der Waals surface area contributed by atoms with Gasteiger partial charge in [0.15, 0.2) is 0 Å². The number of unbranched alkanes of at least 4 members (excludes halogenated alkanes) is 1. The number of ether oxygens (including phenoxy) is 1.